The highest BCUT2D eigenvalue weighted by Gasteiger charge is 2.29. The zero-order chi connectivity index (χ0) is 14.0. The van der Waals surface area contributed by atoms with Crippen LogP contribution < -0.4 is 5.32 Å². The van der Waals surface area contributed by atoms with Gasteiger partial charge in [0.1, 0.15) is 0 Å². The second-order valence-electron chi connectivity index (χ2n) is 5.31. The molecule has 1 aromatic heterocycles. The van der Waals surface area contributed by atoms with Gasteiger partial charge in [0, 0.05) is 31.9 Å². The van der Waals surface area contributed by atoms with Crippen LogP contribution in [0.25, 0.3) is 0 Å². The van der Waals surface area contributed by atoms with E-state index in [1.165, 1.54) is 0 Å². The first-order valence-electron chi connectivity index (χ1n) is 7.08. The van der Waals surface area contributed by atoms with Crippen LogP contribution in [0.5, 0.6) is 0 Å². The van der Waals surface area contributed by atoms with Crippen molar-refractivity contribution < 1.29 is 4.79 Å². The SMILES string of the molecule is CCCN(C(=O)c1c(C)nn(C)c1C)C1CCNC1. The Morgan fingerprint density at radius 1 is 1.53 bits per heavy atom. The van der Waals surface area contributed by atoms with E-state index in [0.717, 1.165) is 49.4 Å². The third-order valence-corrected chi connectivity index (χ3v) is 3.92. The Hall–Kier alpha value is -1.36. The van der Waals surface area contributed by atoms with Gasteiger partial charge in [0.05, 0.1) is 11.3 Å². The van der Waals surface area contributed by atoms with Crippen molar-refractivity contribution in [1.82, 2.24) is 20.0 Å². The van der Waals surface area contributed by atoms with E-state index in [1.807, 2.05) is 25.8 Å². The summed E-state index contributed by atoms with van der Waals surface area (Å²) in [5, 5.41) is 7.69. The Kier molecular flexibility index (Phi) is 4.24. The number of carbonyl (C=O) groups excluding carboxylic acids is 1. The lowest BCUT2D eigenvalue weighted by atomic mass is 10.1. The van der Waals surface area contributed by atoms with Crippen LogP contribution in [0.4, 0.5) is 0 Å². The molecule has 5 heteroatoms. The number of amides is 1. The smallest absolute Gasteiger partial charge is 0.257 e. The molecule has 1 unspecified atom stereocenters. The summed E-state index contributed by atoms with van der Waals surface area (Å²) in [4.78, 5) is 14.8. The number of hydrogen-bond acceptors (Lipinski definition) is 3. The van der Waals surface area contributed by atoms with Crippen LogP contribution in [0.1, 0.15) is 41.5 Å². The van der Waals surface area contributed by atoms with Gasteiger partial charge in [-0.15, -0.1) is 0 Å². The largest absolute Gasteiger partial charge is 0.334 e. The topological polar surface area (TPSA) is 50.2 Å². The summed E-state index contributed by atoms with van der Waals surface area (Å²) >= 11 is 0. The third-order valence-electron chi connectivity index (χ3n) is 3.92. The molecular formula is C14H24N4O. The van der Waals surface area contributed by atoms with Crippen LogP contribution in [0.3, 0.4) is 0 Å². The number of carbonyl (C=O) groups is 1. The molecule has 0 bridgehead atoms. The van der Waals surface area contributed by atoms with E-state index < -0.39 is 0 Å². The normalized spacial score (nSPS) is 18.8. The molecule has 1 amide bonds. The highest BCUT2D eigenvalue weighted by molar-refractivity contribution is 5.96. The van der Waals surface area contributed by atoms with Gasteiger partial charge >= 0.3 is 0 Å². The summed E-state index contributed by atoms with van der Waals surface area (Å²) in [7, 11) is 1.89. The zero-order valence-corrected chi connectivity index (χ0v) is 12.4. The Morgan fingerprint density at radius 2 is 2.26 bits per heavy atom. The minimum atomic E-state index is 0.138. The fourth-order valence-electron chi connectivity index (χ4n) is 2.82. The van der Waals surface area contributed by atoms with Gasteiger partial charge in [-0.2, -0.15) is 5.10 Å². The van der Waals surface area contributed by atoms with Crippen molar-refractivity contribution in [3.05, 3.63) is 17.0 Å². The van der Waals surface area contributed by atoms with E-state index >= 15 is 0 Å². The van der Waals surface area contributed by atoms with E-state index in [9.17, 15) is 4.79 Å². The van der Waals surface area contributed by atoms with E-state index in [-0.39, 0.29) is 5.91 Å². The quantitative estimate of drug-likeness (QED) is 0.890. The molecule has 0 saturated carbocycles. The van der Waals surface area contributed by atoms with Crippen molar-refractivity contribution in [2.45, 2.75) is 39.7 Å². The first-order chi connectivity index (χ1) is 9.06. The van der Waals surface area contributed by atoms with E-state index in [0.29, 0.717) is 6.04 Å². The average molecular weight is 264 g/mol. The number of rotatable bonds is 4. The highest BCUT2D eigenvalue weighted by atomic mass is 16.2. The number of aryl methyl sites for hydroxylation is 2. The van der Waals surface area contributed by atoms with Gasteiger partial charge in [0.2, 0.25) is 0 Å². The number of aromatic nitrogens is 2. The molecule has 1 aromatic rings. The molecule has 19 heavy (non-hydrogen) atoms. The maximum absolute atomic E-state index is 12.8. The first kappa shape index (κ1) is 14.1. The first-order valence-corrected chi connectivity index (χ1v) is 7.08. The Bertz CT molecular complexity index is 460. The standard InChI is InChI=1S/C14H24N4O/c1-5-8-18(12-6-7-15-9-12)14(19)13-10(2)16-17(4)11(13)3/h12,15H,5-9H2,1-4H3. The molecule has 1 aliphatic rings. The third kappa shape index (κ3) is 2.66. The van der Waals surface area contributed by atoms with Crippen molar-refractivity contribution in [3.8, 4) is 0 Å². The molecular weight excluding hydrogens is 240 g/mol. The lowest BCUT2D eigenvalue weighted by Crippen LogP contribution is -2.42. The Morgan fingerprint density at radius 3 is 2.74 bits per heavy atom. The van der Waals surface area contributed by atoms with Gasteiger partial charge in [0.25, 0.3) is 5.91 Å². The summed E-state index contributed by atoms with van der Waals surface area (Å²) in [6.45, 7) is 8.72. The second-order valence-corrected chi connectivity index (χ2v) is 5.31. The van der Waals surface area contributed by atoms with Gasteiger partial charge in [-0.25, -0.2) is 0 Å². The van der Waals surface area contributed by atoms with Gasteiger partial charge in [-0.05, 0) is 33.2 Å². The second kappa shape index (κ2) is 5.74. The summed E-state index contributed by atoms with van der Waals surface area (Å²) < 4.78 is 1.79. The lowest BCUT2D eigenvalue weighted by molar-refractivity contribution is 0.0690. The van der Waals surface area contributed by atoms with Crippen LogP contribution in [-0.2, 0) is 7.05 Å². The number of hydrogen-bond donors (Lipinski definition) is 1. The molecule has 106 valence electrons. The molecule has 5 nitrogen and oxygen atoms in total. The monoisotopic (exact) mass is 264 g/mol. The molecule has 2 heterocycles. The molecule has 1 N–H and O–H groups in total. The summed E-state index contributed by atoms with van der Waals surface area (Å²) in [6, 6.07) is 0.325. The highest BCUT2D eigenvalue weighted by Crippen LogP contribution is 2.19. The molecule has 1 atom stereocenters. The Labute approximate surface area is 115 Å². The van der Waals surface area contributed by atoms with E-state index in [1.54, 1.807) is 4.68 Å². The molecule has 1 saturated heterocycles. The van der Waals surface area contributed by atoms with Crippen LogP contribution in [0, 0.1) is 13.8 Å². The summed E-state index contributed by atoms with van der Waals surface area (Å²) in [5.74, 6) is 0.138. The minimum Gasteiger partial charge on any atom is -0.334 e. The van der Waals surface area contributed by atoms with Crippen LogP contribution >= 0.6 is 0 Å². The van der Waals surface area contributed by atoms with Crippen molar-refractivity contribution in [3.63, 3.8) is 0 Å². The molecule has 1 fully saturated rings. The van der Waals surface area contributed by atoms with Gasteiger partial charge in [-0.3, -0.25) is 9.48 Å². The molecule has 2 rings (SSSR count). The maximum Gasteiger partial charge on any atom is 0.257 e. The van der Waals surface area contributed by atoms with Gasteiger partial charge < -0.3 is 10.2 Å². The number of nitrogens with one attached hydrogen (secondary N) is 1. The molecule has 0 aromatic carbocycles. The fourth-order valence-corrected chi connectivity index (χ4v) is 2.82. The van der Waals surface area contributed by atoms with E-state index in [2.05, 4.69) is 17.3 Å². The summed E-state index contributed by atoms with van der Waals surface area (Å²) in [5.41, 5.74) is 2.56. The predicted octanol–water partition coefficient (Wildman–Crippen LogP) is 1.25. The lowest BCUT2D eigenvalue weighted by Gasteiger charge is -2.28. The maximum atomic E-state index is 12.8. The van der Waals surface area contributed by atoms with Gasteiger partial charge in [-0.1, -0.05) is 6.92 Å². The molecule has 0 radical (unpaired) electrons. The predicted molar refractivity (Wildman–Crippen MR) is 75.3 cm³/mol. The zero-order valence-electron chi connectivity index (χ0n) is 12.4. The van der Waals surface area contributed by atoms with Gasteiger partial charge in [0.15, 0.2) is 0 Å². The van der Waals surface area contributed by atoms with Crippen molar-refractivity contribution in [1.29, 1.82) is 0 Å². The average Bonchev–Trinajstić information content (AvgIpc) is 2.96. The molecule has 1 aliphatic heterocycles. The van der Waals surface area contributed by atoms with Crippen LogP contribution in [0.15, 0.2) is 0 Å². The van der Waals surface area contributed by atoms with Crippen molar-refractivity contribution in [2.75, 3.05) is 19.6 Å². The van der Waals surface area contributed by atoms with Crippen molar-refractivity contribution >= 4 is 5.91 Å². The molecule has 0 aliphatic carbocycles. The fraction of sp³-hybridized carbons (Fsp3) is 0.714. The minimum absolute atomic E-state index is 0.138. The van der Waals surface area contributed by atoms with Crippen molar-refractivity contribution in [2.24, 2.45) is 7.05 Å². The molecule has 0 spiro atoms. The van der Waals surface area contributed by atoms with E-state index in [4.69, 9.17) is 0 Å². The Balaban J connectivity index is 2.28. The number of nitrogens with zero attached hydrogens (tertiary/aromatic N) is 3. The van der Waals surface area contributed by atoms with Crippen LogP contribution in [-0.4, -0.2) is 46.3 Å². The summed E-state index contributed by atoms with van der Waals surface area (Å²) in [6.07, 6.45) is 2.03. The van der Waals surface area contributed by atoms with Crippen LogP contribution in [0.2, 0.25) is 0 Å².